The summed E-state index contributed by atoms with van der Waals surface area (Å²) in [6.45, 7) is 1.70. The molecule has 0 fully saturated rings. The minimum absolute atomic E-state index is 0.0468. The number of aromatic carboxylic acids is 1. The number of thiazole rings is 1. The van der Waals surface area contributed by atoms with Crippen LogP contribution in [0.1, 0.15) is 34.6 Å². The van der Waals surface area contributed by atoms with E-state index in [2.05, 4.69) is 4.99 Å². The number of hydrogen-bond donors (Lipinski definition) is 1. The number of esters is 1. The van der Waals surface area contributed by atoms with E-state index in [1.807, 2.05) is 0 Å². The van der Waals surface area contributed by atoms with Gasteiger partial charge < -0.3 is 14.3 Å². The van der Waals surface area contributed by atoms with Crippen LogP contribution in [-0.4, -0.2) is 28.7 Å². The molecule has 3 heterocycles. The molecule has 1 atom stereocenters. The Morgan fingerprint density at radius 2 is 1.87 bits per heavy atom. The molecule has 0 spiro atoms. The Balaban J connectivity index is 1.62. The second-order valence-corrected chi connectivity index (χ2v) is 10.2. The molecule has 0 saturated carbocycles. The fraction of sp³-hybridized carbons (Fsp3) is 0.111. The molecule has 0 radical (unpaired) electrons. The average molecular weight is 569 g/mol. The van der Waals surface area contributed by atoms with Crippen molar-refractivity contribution >= 4 is 52.6 Å². The summed E-state index contributed by atoms with van der Waals surface area (Å²) in [5, 5.41) is 9.98. The minimum atomic E-state index is -1.15. The summed E-state index contributed by atoms with van der Waals surface area (Å²) in [7, 11) is 1.28. The molecule has 1 aliphatic rings. The molecular weight excluding hydrogens is 551 g/mol. The lowest BCUT2D eigenvalue weighted by atomic mass is 9.96. The lowest BCUT2D eigenvalue weighted by molar-refractivity contribution is -0.136. The summed E-state index contributed by atoms with van der Waals surface area (Å²) in [6.07, 6.45) is 1.58. The van der Waals surface area contributed by atoms with Crippen LogP contribution in [0.25, 0.3) is 17.4 Å². The summed E-state index contributed by atoms with van der Waals surface area (Å²) < 4.78 is 12.7. The molecule has 0 saturated heterocycles. The quantitative estimate of drug-likeness (QED) is 0.350. The summed E-state index contributed by atoms with van der Waals surface area (Å²) in [4.78, 5) is 42.7. The molecule has 11 heteroatoms. The highest BCUT2D eigenvalue weighted by Crippen LogP contribution is 2.31. The van der Waals surface area contributed by atoms with E-state index < -0.39 is 18.0 Å². The molecule has 0 bridgehead atoms. The van der Waals surface area contributed by atoms with Gasteiger partial charge >= 0.3 is 11.9 Å². The van der Waals surface area contributed by atoms with E-state index in [1.54, 1.807) is 55.5 Å². The Morgan fingerprint density at radius 3 is 2.55 bits per heavy atom. The zero-order chi connectivity index (χ0) is 27.1. The van der Waals surface area contributed by atoms with Crippen molar-refractivity contribution in [1.82, 2.24) is 4.57 Å². The molecular formula is C27H18Cl2N2O6S. The number of furan rings is 1. The maximum Gasteiger partial charge on any atom is 0.338 e. The molecule has 2 aromatic heterocycles. The van der Waals surface area contributed by atoms with Gasteiger partial charge in [0.15, 0.2) is 4.80 Å². The molecule has 5 rings (SSSR count). The summed E-state index contributed by atoms with van der Waals surface area (Å²) >= 11 is 13.2. The van der Waals surface area contributed by atoms with Crippen molar-refractivity contribution in [1.29, 1.82) is 0 Å². The second-order valence-electron chi connectivity index (χ2n) is 8.33. The van der Waals surface area contributed by atoms with Gasteiger partial charge in [-0.25, -0.2) is 14.6 Å². The first-order chi connectivity index (χ1) is 18.2. The van der Waals surface area contributed by atoms with Gasteiger partial charge in [-0.15, -0.1) is 0 Å². The van der Waals surface area contributed by atoms with Crippen LogP contribution in [0.2, 0.25) is 10.0 Å². The van der Waals surface area contributed by atoms with Gasteiger partial charge in [0, 0.05) is 16.7 Å². The molecule has 4 aromatic rings. The van der Waals surface area contributed by atoms with E-state index in [0.29, 0.717) is 42.7 Å². The van der Waals surface area contributed by atoms with Crippen molar-refractivity contribution in [3.63, 3.8) is 0 Å². The van der Waals surface area contributed by atoms with Gasteiger partial charge in [-0.3, -0.25) is 9.36 Å². The van der Waals surface area contributed by atoms with Crippen molar-refractivity contribution < 1.29 is 23.8 Å². The Labute approximate surface area is 229 Å². The first-order valence-corrected chi connectivity index (χ1v) is 12.7. The highest BCUT2D eigenvalue weighted by molar-refractivity contribution is 7.07. The van der Waals surface area contributed by atoms with Gasteiger partial charge in [-0.2, -0.15) is 0 Å². The molecule has 1 aliphatic heterocycles. The third-order valence-corrected chi connectivity index (χ3v) is 7.56. The maximum atomic E-state index is 13.6. The van der Waals surface area contributed by atoms with E-state index in [4.69, 9.17) is 32.4 Å². The van der Waals surface area contributed by atoms with Crippen LogP contribution >= 0.6 is 34.5 Å². The van der Waals surface area contributed by atoms with Crippen molar-refractivity contribution in [3.05, 3.63) is 112 Å². The third-order valence-electron chi connectivity index (χ3n) is 5.99. The maximum absolute atomic E-state index is 13.6. The third kappa shape index (κ3) is 4.60. The van der Waals surface area contributed by atoms with E-state index in [0.717, 1.165) is 11.3 Å². The minimum Gasteiger partial charge on any atom is -0.478 e. The summed E-state index contributed by atoms with van der Waals surface area (Å²) in [6, 6.07) is 14.0. The summed E-state index contributed by atoms with van der Waals surface area (Å²) in [5.41, 5.74) is 1.49. The number of benzene rings is 2. The summed E-state index contributed by atoms with van der Waals surface area (Å²) in [5.74, 6) is -0.948. The number of ether oxygens (including phenoxy) is 1. The number of aromatic nitrogens is 1. The number of carboxylic acids is 1. The lowest BCUT2D eigenvalue weighted by Crippen LogP contribution is -2.39. The number of rotatable bonds is 5. The van der Waals surface area contributed by atoms with Crippen LogP contribution in [0.4, 0.5) is 0 Å². The molecule has 0 unspecified atom stereocenters. The molecule has 38 heavy (non-hydrogen) atoms. The van der Waals surface area contributed by atoms with Crippen molar-refractivity contribution in [2.75, 3.05) is 7.11 Å². The van der Waals surface area contributed by atoms with Crippen molar-refractivity contribution in [3.8, 4) is 11.3 Å². The number of carbonyl (C=O) groups is 2. The highest BCUT2D eigenvalue weighted by Gasteiger charge is 2.33. The van der Waals surface area contributed by atoms with Crippen LogP contribution in [-0.2, 0) is 9.53 Å². The Hall–Kier alpha value is -3.92. The standard InChI is InChI=1S/C27H18Cl2N2O6S/c1-13-22(26(35)36-2)23(14-3-6-16(28)7-4-14)31-24(32)21(38-27(31)30-13)12-17-8-10-20(37-17)15-5-9-19(29)18(11-15)25(33)34/h3-12,23H,1-2H3,(H,33,34)/b21-12-/t23-/m1/s1. The Bertz CT molecular complexity index is 1810. The number of hydrogen-bond acceptors (Lipinski definition) is 7. The molecule has 0 amide bonds. The number of fused-ring (bicyclic) bond motifs is 1. The predicted octanol–water partition coefficient (Wildman–Crippen LogP) is 4.67. The molecule has 1 N–H and O–H groups in total. The van der Waals surface area contributed by atoms with E-state index in [-0.39, 0.29) is 21.7 Å². The number of halogens is 2. The van der Waals surface area contributed by atoms with Crippen LogP contribution in [0, 0.1) is 0 Å². The first kappa shape index (κ1) is 25.7. The van der Waals surface area contributed by atoms with Gasteiger partial charge in [-0.1, -0.05) is 46.7 Å². The second kappa shape index (κ2) is 10.1. The predicted molar refractivity (Wildman–Crippen MR) is 143 cm³/mol. The molecule has 0 aliphatic carbocycles. The number of nitrogens with zero attached hydrogens (tertiary/aromatic N) is 2. The largest absolute Gasteiger partial charge is 0.478 e. The van der Waals surface area contributed by atoms with Crippen molar-refractivity contribution in [2.45, 2.75) is 13.0 Å². The van der Waals surface area contributed by atoms with Crippen LogP contribution < -0.4 is 14.9 Å². The van der Waals surface area contributed by atoms with Gasteiger partial charge in [0.1, 0.15) is 11.5 Å². The monoisotopic (exact) mass is 568 g/mol. The fourth-order valence-electron chi connectivity index (χ4n) is 4.21. The van der Waals surface area contributed by atoms with Gasteiger partial charge in [0.2, 0.25) is 0 Å². The highest BCUT2D eigenvalue weighted by atomic mass is 35.5. The zero-order valence-corrected chi connectivity index (χ0v) is 22.2. The molecule has 2 aromatic carbocycles. The van der Waals surface area contributed by atoms with Gasteiger partial charge in [0.25, 0.3) is 5.56 Å². The number of allylic oxidation sites excluding steroid dienone is 1. The SMILES string of the molecule is COC(=O)C1=C(C)N=c2s/c(=C\c3ccc(-c4ccc(Cl)c(C(=O)O)c4)o3)c(=O)n2[C@@H]1c1ccc(Cl)cc1. The van der Waals surface area contributed by atoms with Gasteiger partial charge in [-0.05, 0) is 55.0 Å². The number of carbonyl (C=O) groups excluding carboxylic acids is 1. The van der Waals surface area contributed by atoms with E-state index in [1.165, 1.54) is 23.8 Å². The van der Waals surface area contributed by atoms with Crippen LogP contribution in [0.3, 0.4) is 0 Å². The average Bonchev–Trinajstić information content (AvgIpc) is 3.48. The Kier molecular flexibility index (Phi) is 6.83. The van der Waals surface area contributed by atoms with Crippen LogP contribution in [0.15, 0.2) is 80.1 Å². The zero-order valence-electron chi connectivity index (χ0n) is 19.9. The molecule has 192 valence electrons. The van der Waals surface area contributed by atoms with Crippen molar-refractivity contribution in [2.24, 2.45) is 4.99 Å². The van der Waals surface area contributed by atoms with Crippen LogP contribution in [0.5, 0.6) is 0 Å². The van der Waals surface area contributed by atoms with Gasteiger partial charge in [0.05, 0.1) is 39.5 Å². The molecule has 8 nitrogen and oxygen atoms in total. The smallest absolute Gasteiger partial charge is 0.338 e. The lowest BCUT2D eigenvalue weighted by Gasteiger charge is -2.24. The fourth-order valence-corrected chi connectivity index (χ4v) is 5.56. The van der Waals surface area contributed by atoms with E-state index >= 15 is 0 Å². The number of carboxylic acid groups (broad SMARTS) is 1. The first-order valence-electron chi connectivity index (χ1n) is 11.2. The van der Waals surface area contributed by atoms with E-state index in [9.17, 15) is 19.5 Å². The topological polar surface area (TPSA) is 111 Å². The number of methoxy groups -OCH3 is 1. The normalized spacial score (nSPS) is 15.3. The Morgan fingerprint density at radius 1 is 1.13 bits per heavy atom.